The maximum absolute atomic E-state index is 8.55. The van der Waals surface area contributed by atoms with Crippen molar-refractivity contribution in [2.24, 2.45) is 0 Å². The third-order valence-corrected chi connectivity index (χ3v) is 12.2. The van der Waals surface area contributed by atoms with E-state index in [0.717, 1.165) is 0 Å². The molecule has 0 aliphatic rings. The molecule has 13 heteroatoms. The summed E-state index contributed by atoms with van der Waals surface area (Å²) in [5.41, 5.74) is 0. The van der Waals surface area contributed by atoms with Gasteiger partial charge < -0.3 is 10.2 Å². The molecule has 0 fully saturated rings. The Kier molecular flexibility index (Phi) is 26.1. The molecule has 0 aromatic heterocycles. The van der Waals surface area contributed by atoms with E-state index in [2.05, 4.69) is 37.4 Å². The minimum atomic E-state index is -2.79. The van der Waals surface area contributed by atoms with Gasteiger partial charge in [0.2, 0.25) is 0 Å². The van der Waals surface area contributed by atoms with E-state index in [0.29, 0.717) is 92.5 Å². The first-order chi connectivity index (χ1) is 14.1. The van der Waals surface area contributed by atoms with Crippen molar-refractivity contribution in [3.63, 3.8) is 0 Å². The summed E-state index contributed by atoms with van der Waals surface area (Å²) in [5.74, 6) is 0. The van der Waals surface area contributed by atoms with Crippen LogP contribution in [0.2, 0.25) is 0 Å². The van der Waals surface area contributed by atoms with Gasteiger partial charge in [-0.15, -0.1) is 0 Å². The van der Waals surface area contributed by atoms with E-state index in [1.165, 1.54) is 0 Å². The number of aliphatic hydroxyl groups is 2. The van der Waals surface area contributed by atoms with E-state index in [-0.39, 0.29) is 13.2 Å². The van der Waals surface area contributed by atoms with Gasteiger partial charge in [0, 0.05) is 0 Å². The standard InChI is InChI=1S/C16H34I2O10Te/c17-29(18,27-15-13-25-11-9-23-7-5-21-3-1-19)28-16-14-26-12-10-24-8-6-22-4-2-20/h19-20H,1-16H2. The molecule has 0 radical (unpaired) electrons. The number of ether oxygens (including phenoxy) is 6. The molecule has 0 unspecified atom stereocenters. The molecule has 0 saturated carbocycles. The fraction of sp³-hybridized carbons (Fsp3) is 1.00. The molecule has 0 amide bonds. The molecule has 0 heterocycles. The zero-order valence-electron chi connectivity index (χ0n) is 16.6. The van der Waals surface area contributed by atoms with Crippen molar-refractivity contribution >= 4 is 48.5 Å². The molecule has 0 atom stereocenters. The first-order valence-electron chi connectivity index (χ1n) is 9.32. The van der Waals surface area contributed by atoms with Crippen molar-refractivity contribution in [1.82, 2.24) is 0 Å². The maximum atomic E-state index is 8.55. The summed E-state index contributed by atoms with van der Waals surface area (Å²) in [4.78, 5) is 0. The summed E-state index contributed by atoms with van der Waals surface area (Å²) >= 11 is 1.74. The van der Waals surface area contributed by atoms with Gasteiger partial charge in [0.1, 0.15) is 0 Å². The Labute approximate surface area is 197 Å². The van der Waals surface area contributed by atoms with Gasteiger partial charge in [-0.2, -0.15) is 0 Å². The summed E-state index contributed by atoms with van der Waals surface area (Å²) in [6.45, 7) is 6.57. The minimum Gasteiger partial charge on any atom is -0.394 e. The van der Waals surface area contributed by atoms with Crippen LogP contribution in [0.3, 0.4) is 0 Å². The van der Waals surface area contributed by atoms with Crippen LogP contribution in [0.15, 0.2) is 0 Å². The van der Waals surface area contributed by atoms with Crippen LogP contribution >= 0.6 is 37.4 Å². The Morgan fingerprint density at radius 2 is 0.655 bits per heavy atom. The molecule has 0 bridgehead atoms. The second-order valence-electron chi connectivity index (χ2n) is 5.14. The van der Waals surface area contributed by atoms with Gasteiger partial charge in [-0.25, -0.2) is 0 Å². The summed E-state index contributed by atoms with van der Waals surface area (Å²) in [6, 6.07) is 0. The summed E-state index contributed by atoms with van der Waals surface area (Å²) < 4.78 is 43.3. The Balaban J connectivity index is 3.30. The Morgan fingerprint density at radius 3 is 0.931 bits per heavy atom. The van der Waals surface area contributed by atoms with E-state index in [1.54, 1.807) is 0 Å². The number of hydrogen-bond donors (Lipinski definition) is 2. The predicted molar refractivity (Wildman–Crippen MR) is 125 cm³/mol. The molecule has 0 spiro atoms. The topological polar surface area (TPSA) is 114 Å². The molecule has 0 aliphatic carbocycles. The van der Waals surface area contributed by atoms with E-state index < -0.39 is 11.1 Å². The summed E-state index contributed by atoms with van der Waals surface area (Å²) in [5, 5.41) is 17.1. The average molecular weight is 768 g/mol. The predicted octanol–water partition coefficient (Wildman–Crippen LogP) is 0.409. The van der Waals surface area contributed by atoms with E-state index in [4.69, 9.17) is 44.8 Å². The second-order valence-corrected chi connectivity index (χ2v) is 35.5. The van der Waals surface area contributed by atoms with Crippen molar-refractivity contribution in [2.75, 3.05) is 106 Å². The van der Waals surface area contributed by atoms with Gasteiger partial charge in [-0.3, -0.25) is 0 Å². The molecule has 0 saturated heterocycles. The van der Waals surface area contributed by atoms with Crippen LogP contribution in [0.1, 0.15) is 0 Å². The number of halogens is 2. The molecule has 0 aromatic carbocycles. The Bertz CT molecular complexity index is 304. The van der Waals surface area contributed by atoms with Gasteiger partial charge in [0.25, 0.3) is 0 Å². The molecular weight excluding hydrogens is 734 g/mol. The molecule has 2 N–H and O–H groups in total. The molecule has 0 rings (SSSR count). The number of aliphatic hydroxyl groups excluding tert-OH is 2. The van der Waals surface area contributed by atoms with Crippen LogP contribution in [0.5, 0.6) is 0 Å². The van der Waals surface area contributed by atoms with Crippen LogP contribution < -0.4 is 0 Å². The van der Waals surface area contributed by atoms with Gasteiger partial charge in [-0.1, -0.05) is 0 Å². The van der Waals surface area contributed by atoms with Crippen LogP contribution in [-0.2, 0) is 34.6 Å². The Morgan fingerprint density at radius 1 is 0.414 bits per heavy atom. The SMILES string of the molecule is OCCOCCOCCOCCO[Te](I)(I)OCCOCCOCCOCCO. The van der Waals surface area contributed by atoms with E-state index >= 15 is 0 Å². The van der Waals surface area contributed by atoms with Gasteiger partial charge in [-0.05, 0) is 0 Å². The van der Waals surface area contributed by atoms with Crippen LogP contribution in [0, 0.1) is 0 Å². The monoisotopic (exact) mass is 770 g/mol. The van der Waals surface area contributed by atoms with Crippen molar-refractivity contribution < 1.29 is 44.8 Å². The van der Waals surface area contributed by atoms with Crippen LogP contribution in [-0.4, -0.2) is 127 Å². The average Bonchev–Trinajstić information content (AvgIpc) is 2.70. The third-order valence-electron chi connectivity index (χ3n) is 2.86. The van der Waals surface area contributed by atoms with Crippen LogP contribution in [0.4, 0.5) is 0 Å². The third kappa shape index (κ3) is 26.0. The first-order valence-corrected chi connectivity index (χ1v) is 24.8. The summed E-state index contributed by atoms with van der Waals surface area (Å²) in [6.07, 6.45) is 0. The van der Waals surface area contributed by atoms with Crippen LogP contribution in [0.25, 0.3) is 0 Å². The minimum absolute atomic E-state index is 0.0257. The summed E-state index contributed by atoms with van der Waals surface area (Å²) in [7, 11) is 0. The molecule has 29 heavy (non-hydrogen) atoms. The number of rotatable bonds is 24. The van der Waals surface area contributed by atoms with Gasteiger partial charge >= 0.3 is 189 Å². The quantitative estimate of drug-likeness (QED) is 0.0815. The van der Waals surface area contributed by atoms with Crippen molar-refractivity contribution in [3.8, 4) is 0 Å². The van der Waals surface area contributed by atoms with Crippen molar-refractivity contribution in [2.45, 2.75) is 0 Å². The second kappa shape index (κ2) is 24.5. The van der Waals surface area contributed by atoms with E-state index in [1.807, 2.05) is 0 Å². The molecule has 0 aliphatic heterocycles. The smallest absolute Gasteiger partial charge is 0.394 e. The zero-order valence-corrected chi connectivity index (χ0v) is 23.3. The fourth-order valence-corrected chi connectivity index (χ4v) is 8.14. The normalized spacial score (nSPS) is 12.6. The van der Waals surface area contributed by atoms with Gasteiger partial charge in [0.15, 0.2) is 0 Å². The molecule has 0 aromatic rings. The van der Waals surface area contributed by atoms with E-state index in [9.17, 15) is 0 Å². The number of hydrogen-bond acceptors (Lipinski definition) is 10. The fourth-order valence-electron chi connectivity index (χ4n) is 1.63. The first kappa shape index (κ1) is 30.8. The Hall–Kier alpha value is 1.85. The zero-order chi connectivity index (χ0) is 21.5. The molecular formula is C16H34I2O10Te. The van der Waals surface area contributed by atoms with Gasteiger partial charge in [0.05, 0.1) is 0 Å². The van der Waals surface area contributed by atoms with Crippen molar-refractivity contribution in [1.29, 1.82) is 0 Å². The molecule has 10 nitrogen and oxygen atoms in total. The van der Waals surface area contributed by atoms with Crippen molar-refractivity contribution in [3.05, 3.63) is 0 Å². The molecule has 178 valence electrons.